The van der Waals surface area contributed by atoms with Crippen molar-refractivity contribution >= 4 is 10.1 Å². The van der Waals surface area contributed by atoms with Crippen molar-refractivity contribution in [2.24, 2.45) is 0 Å². The number of aliphatic hydroxyl groups is 1. The smallest absolute Gasteiger partial charge is 0.339 e. The minimum Gasteiger partial charge on any atom is -0.385 e. The van der Waals surface area contributed by atoms with Crippen LogP contribution in [0.1, 0.15) is 25.3 Å². The molecule has 124 valence electrons. The Kier molecular flexibility index (Phi) is 6.43. The zero-order valence-corrected chi connectivity index (χ0v) is 12.9. The van der Waals surface area contributed by atoms with E-state index in [-0.39, 0.29) is 11.3 Å². The lowest BCUT2D eigenvalue weighted by atomic mass is 10.1. The van der Waals surface area contributed by atoms with Gasteiger partial charge in [-0.05, 0) is 25.5 Å². The molecule has 0 radical (unpaired) electrons. The number of alkyl halides is 2. The molecule has 0 saturated carbocycles. The van der Waals surface area contributed by atoms with Crippen LogP contribution in [0.25, 0.3) is 0 Å². The predicted molar refractivity (Wildman–Crippen MR) is 74.5 cm³/mol. The second-order valence-corrected chi connectivity index (χ2v) is 6.21. The molecule has 0 aliphatic carbocycles. The van der Waals surface area contributed by atoms with Crippen LogP contribution in [-0.2, 0) is 14.3 Å². The van der Waals surface area contributed by atoms with Crippen LogP contribution in [0.3, 0.4) is 0 Å². The fourth-order valence-electron chi connectivity index (χ4n) is 1.64. The molecule has 4 nitrogen and oxygen atoms in total. The van der Waals surface area contributed by atoms with E-state index in [0.29, 0.717) is 6.42 Å². The number of aliphatic hydroxyl groups excluding tert-OH is 1. The van der Waals surface area contributed by atoms with Gasteiger partial charge in [0.2, 0.25) is 5.83 Å². The van der Waals surface area contributed by atoms with Gasteiger partial charge in [0, 0.05) is 0 Å². The quantitative estimate of drug-likeness (QED) is 0.612. The highest BCUT2D eigenvalue weighted by molar-refractivity contribution is 7.86. The van der Waals surface area contributed by atoms with E-state index in [0.717, 1.165) is 5.56 Å². The molecule has 0 heterocycles. The largest absolute Gasteiger partial charge is 0.385 e. The number of benzene rings is 1. The summed E-state index contributed by atoms with van der Waals surface area (Å²) in [6.07, 6.45) is -5.12. The summed E-state index contributed by atoms with van der Waals surface area (Å²) in [6.45, 7) is 3.35. The Balaban J connectivity index is 3.18. The molecule has 1 N–H and O–H groups in total. The molecular formula is C14H17F3O4S. The second-order valence-electron chi connectivity index (χ2n) is 4.67. The van der Waals surface area contributed by atoms with Crippen LogP contribution in [0.15, 0.2) is 40.7 Å². The number of aryl methyl sites for hydroxylation is 1. The summed E-state index contributed by atoms with van der Waals surface area (Å²) >= 11 is 0. The molecule has 0 bridgehead atoms. The Morgan fingerprint density at radius 1 is 1.27 bits per heavy atom. The zero-order chi connectivity index (χ0) is 16.9. The van der Waals surface area contributed by atoms with E-state index in [1.54, 1.807) is 13.8 Å². The molecule has 0 saturated heterocycles. The maximum Gasteiger partial charge on any atom is 0.339 e. The Bertz CT molecular complexity index is 624. The van der Waals surface area contributed by atoms with Gasteiger partial charge in [-0.3, -0.25) is 0 Å². The summed E-state index contributed by atoms with van der Waals surface area (Å²) in [7, 11) is -4.51. The van der Waals surface area contributed by atoms with E-state index in [2.05, 4.69) is 4.18 Å². The van der Waals surface area contributed by atoms with Crippen molar-refractivity contribution in [2.45, 2.75) is 44.1 Å². The van der Waals surface area contributed by atoms with Crippen molar-refractivity contribution in [3.05, 3.63) is 41.4 Å². The van der Waals surface area contributed by atoms with Gasteiger partial charge in [-0.25, -0.2) is 13.2 Å². The average Bonchev–Trinajstić information content (AvgIpc) is 2.44. The SMILES string of the molecule is CCCC(O)/C(OS(=O)(=O)c1ccc(C)cc1)=C(/F)C(F)F. The van der Waals surface area contributed by atoms with Gasteiger partial charge >= 0.3 is 10.1 Å². The topological polar surface area (TPSA) is 63.6 Å². The summed E-state index contributed by atoms with van der Waals surface area (Å²) in [5.74, 6) is -3.35. The van der Waals surface area contributed by atoms with Crippen molar-refractivity contribution in [2.75, 3.05) is 0 Å². The Morgan fingerprint density at radius 2 is 1.82 bits per heavy atom. The Morgan fingerprint density at radius 3 is 2.27 bits per heavy atom. The second kappa shape index (κ2) is 7.64. The van der Waals surface area contributed by atoms with Crippen molar-refractivity contribution in [3.8, 4) is 0 Å². The minimum absolute atomic E-state index is 0.112. The summed E-state index contributed by atoms with van der Waals surface area (Å²) in [4.78, 5) is -0.318. The van der Waals surface area contributed by atoms with Crippen molar-refractivity contribution < 1.29 is 30.9 Å². The first-order valence-electron chi connectivity index (χ1n) is 6.56. The van der Waals surface area contributed by atoms with Gasteiger partial charge < -0.3 is 9.29 Å². The van der Waals surface area contributed by atoms with Gasteiger partial charge in [0.1, 0.15) is 11.0 Å². The number of halogens is 3. The van der Waals surface area contributed by atoms with Gasteiger partial charge in [-0.2, -0.15) is 8.42 Å². The molecule has 0 aliphatic heterocycles. The lowest BCUT2D eigenvalue weighted by Gasteiger charge is -2.16. The van der Waals surface area contributed by atoms with E-state index in [1.807, 2.05) is 0 Å². The summed E-state index contributed by atoms with van der Waals surface area (Å²) < 4.78 is 66.9. The standard InChI is InChI=1S/C14H17F3O4S/c1-3-4-11(18)13(12(15)14(16)17)21-22(19,20)10-7-5-9(2)6-8-10/h5-8,11,14,18H,3-4H2,1-2H3/b13-12-. The van der Waals surface area contributed by atoms with Crippen LogP contribution in [0.2, 0.25) is 0 Å². The molecule has 22 heavy (non-hydrogen) atoms. The van der Waals surface area contributed by atoms with E-state index in [9.17, 15) is 26.7 Å². The third-order valence-corrected chi connectivity index (χ3v) is 4.05. The molecule has 1 aromatic rings. The van der Waals surface area contributed by atoms with Gasteiger partial charge in [-0.1, -0.05) is 31.0 Å². The summed E-state index contributed by atoms with van der Waals surface area (Å²) in [5.41, 5.74) is 0.777. The fourth-order valence-corrected chi connectivity index (χ4v) is 2.63. The maximum atomic E-state index is 13.5. The molecule has 0 amide bonds. The molecule has 1 aromatic carbocycles. The molecule has 8 heteroatoms. The molecule has 0 aromatic heterocycles. The van der Waals surface area contributed by atoms with Gasteiger partial charge in [0.05, 0.1) is 0 Å². The Labute approximate surface area is 127 Å². The van der Waals surface area contributed by atoms with Crippen LogP contribution in [0, 0.1) is 6.92 Å². The number of allylic oxidation sites excluding steroid dienone is 1. The first kappa shape index (κ1) is 18.5. The third-order valence-electron chi connectivity index (χ3n) is 2.80. The summed E-state index contributed by atoms with van der Waals surface area (Å²) in [6, 6.07) is 5.36. The lowest BCUT2D eigenvalue weighted by molar-refractivity contribution is 0.113. The molecule has 0 spiro atoms. The molecule has 1 unspecified atom stereocenters. The molecule has 1 rings (SSSR count). The first-order chi connectivity index (χ1) is 10.2. The van der Waals surface area contributed by atoms with Crippen LogP contribution in [-0.4, -0.2) is 26.1 Å². The molecule has 1 atom stereocenters. The average molecular weight is 338 g/mol. The molecular weight excluding hydrogens is 321 g/mol. The number of rotatable bonds is 7. The van der Waals surface area contributed by atoms with Crippen LogP contribution in [0.4, 0.5) is 13.2 Å². The fraction of sp³-hybridized carbons (Fsp3) is 0.429. The van der Waals surface area contributed by atoms with Crippen LogP contribution < -0.4 is 0 Å². The van der Waals surface area contributed by atoms with Crippen molar-refractivity contribution in [3.63, 3.8) is 0 Å². The number of hydrogen-bond acceptors (Lipinski definition) is 4. The number of hydrogen-bond donors (Lipinski definition) is 1. The predicted octanol–water partition coefficient (Wildman–Crippen LogP) is 3.31. The Hall–Kier alpha value is -1.54. The maximum absolute atomic E-state index is 13.5. The van der Waals surface area contributed by atoms with Gasteiger partial charge in [0.25, 0.3) is 6.43 Å². The summed E-state index contributed by atoms with van der Waals surface area (Å²) in [5, 5.41) is 9.66. The van der Waals surface area contributed by atoms with Crippen LogP contribution >= 0.6 is 0 Å². The van der Waals surface area contributed by atoms with E-state index >= 15 is 0 Å². The normalized spacial score (nSPS) is 14.7. The minimum atomic E-state index is -4.51. The lowest BCUT2D eigenvalue weighted by Crippen LogP contribution is -2.20. The highest BCUT2D eigenvalue weighted by atomic mass is 32.2. The van der Waals surface area contributed by atoms with Gasteiger partial charge in [0.15, 0.2) is 5.76 Å². The monoisotopic (exact) mass is 338 g/mol. The molecule has 0 aliphatic rings. The van der Waals surface area contributed by atoms with E-state index in [4.69, 9.17) is 0 Å². The highest BCUT2D eigenvalue weighted by Gasteiger charge is 2.29. The van der Waals surface area contributed by atoms with Crippen molar-refractivity contribution in [1.29, 1.82) is 0 Å². The van der Waals surface area contributed by atoms with E-state index < -0.39 is 34.2 Å². The van der Waals surface area contributed by atoms with E-state index in [1.165, 1.54) is 24.3 Å². The molecule has 0 fully saturated rings. The van der Waals surface area contributed by atoms with Gasteiger partial charge in [-0.15, -0.1) is 0 Å². The third kappa shape index (κ3) is 4.74. The van der Waals surface area contributed by atoms with Crippen molar-refractivity contribution in [1.82, 2.24) is 0 Å². The first-order valence-corrected chi connectivity index (χ1v) is 7.96. The zero-order valence-electron chi connectivity index (χ0n) is 12.1. The highest BCUT2D eigenvalue weighted by Crippen LogP contribution is 2.26. The van der Waals surface area contributed by atoms with Crippen LogP contribution in [0.5, 0.6) is 0 Å².